The molecule has 4 rings (SSSR count). The van der Waals surface area contributed by atoms with Crippen LogP contribution in [0.3, 0.4) is 0 Å². The number of para-hydroxylation sites is 1. The monoisotopic (exact) mass is 393 g/mol. The van der Waals surface area contributed by atoms with E-state index in [1.807, 2.05) is 18.2 Å². The molecule has 0 saturated carbocycles. The van der Waals surface area contributed by atoms with E-state index in [2.05, 4.69) is 20.8 Å². The molecule has 3 aromatic rings. The van der Waals surface area contributed by atoms with E-state index < -0.39 is 22.4 Å². The van der Waals surface area contributed by atoms with Crippen molar-refractivity contribution in [1.29, 1.82) is 0 Å². The highest BCUT2D eigenvalue weighted by atomic mass is 16.6. The number of nitro benzene ring substituents is 1. The number of urea groups is 1. The maximum absolute atomic E-state index is 13.1. The van der Waals surface area contributed by atoms with Crippen molar-refractivity contribution in [3.63, 3.8) is 0 Å². The second-order valence-corrected chi connectivity index (χ2v) is 6.60. The van der Waals surface area contributed by atoms with Crippen LogP contribution in [-0.4, -0.2) is 42.0 Å². The summed E-state index contributed by atoms with van der Waals surface area (Å²) in [6.07, 6.45) is 0. The Hall–Kier alpha value is -4.15. The number of aromatic nitrogens is 4. The number of carbonyl (C=O) groups excluding carboxylic acids is 2. The molecule has 11 heteroatoms. The molecule has 1 aliphatic heterocycles. The number of nitrogens with zero attached hydrogens (tertiary/aromatic N) is 6. The van der Waals surface area contributed by atoms with Gasteiger partial charge in [-0.1, -0.05) is 30.3 Å². The molecule has 1 aliphatic rings. The predicted molar refractivity (Wildman–Crippen MR) is 98.7 cm³/mol. The summed E-state index contributed by atoms with van der Waals surface area (Å²) in [5.41, 5.74) is -0.609. The molecule has 0 spiro atoms. The molecular formula is C18H15N7O4. The Balaban J connectivity index is 1.64. The summed E-state index contributed by atoms with van der Waals surface area (Å²) in [7, 11) is 0. The molecule has 0 aliphatic carbocycles. The number of amides is 3. The van der Waals surface area contributed by atoms with E-state index in [1.54, 1.807) is 18.2 Å². The lowest BCUT2D eigenvalue weighted by atomic mass is 9.91. The molecule has 11 nitrogen and oxygen atoms in total. The number of rotatable bonds is 5. The van der Waals surface area contributed by atoms with Gasteiger partial charge in [-0.2, -0.15) is 4.68 Å². The molecule has 0 bridgehead atoms. The molecule has 146 valence electrons. The van der Waals surface area contributed by atoms with Crippen molar-refractivity contribution in [2.75, 3.05) is 0 Å². The van der Waals surface area contributed by atoms with Crippen molar-refractivity contribution >= 4 is 17.6 Å². The number of tetrazole rings is 1. The van der Waals surface area contributed by atoms with Gasteiger partial charge in [-0.05, 0) is 35.0 Å². The highest BCUT2D eigenvalue weighted by Crippen LogP contribution is 2.31. The van der Waals surface area contributed by atoms with Crippen molar-refractivity contribution in [3.8, 4) is 5.69 Å². The zero-order chi connectivity index (χ0) is 20.6. The minimum atomic E-state index is -1.44. The number of hydrogen-bond acceptors (Lipinski definition) is 7. The summed E-state index contributed by atoms with van der Waals surface area (Å²) in [6.45, 7) is 1.35. The quantitative estimate of drug-likeness (QED) is 0.394. The molecule has 1 atom stereocenters. The van der Waals surface area contributed by atoms with E-state index in [9.17, 15) is 19.7 Å². The van der Waals surface area contributed by atoms with Crippen LogP contribution in [0.15, 0.2) is 54.6 Å². The number of carbonyl (C=O) groups is 2. The van der Waals surface area contributed by atoms with E-state index in [1.165, 1.54) is 29.8 Å². The maximum Gasteiger partial charge on any atom is 0.325 e. The standard InChI is InChI=1S/C18H15N7O4/c1-18(12-6-5-9-14(10-12)25(28)29)16(26)23(17(27)19-18)11-15-20-21-22-24(15)13-7-3-2-4-8-13/h2-10H,11H2,1H3,(H,19,27). The fourth-order valence-electron chi connectivity index (χ4n) is 3.18. The molecule has 1 N–H and O–H groups in total. The lowest BCUT2D eigenvalue weighted by Gasteiger charge is -2.22. The van der Waals surface area contributed by atoms with Gasteiger partial charge in [-0.3, -0.25) is 19.8 Å². The number of hydrogen-bond donors (Lipinski definition) is 1. The van der Waals surface area contributed by atoms with Gasteiger partial charge in [0.25, 0.3) is 11.6 Å². The maximum atomic E-state index is 13.1. The number of benzene rings is 2. The Labute approximate surface area is 164 Å². The van der Waals surface area contributed by atoms with Gasteiger partial charge in [-0.15, -0.1) is 5.10 Å². The summed E-state index contributed by atoms with van der Waals surface area (Å²) in [5.74, 6) is -0.256. The smallest absolute Gasteiger partial charge is 0.319 e. The molecule has 2 heterocycles. The second kappa shape index (κ2) is 6.78. The van der Waals surface area contributed by atoms with Crippen molar-refractivity contribution in [2.24, 2.45) is 0 Å². The molecular weight excluding hydrogens is 378 g/mol. The highest BCUT2D eigenvalue weighted by Gasteiger charge is 2.49. The molecule has 29 heavy (non-hydrogen) atoms. The number of nitro groups is 1. The largest absolute Gasteiger partial charge is 0.325 e. The van der Waals surface area contributed by atoms with Crippen molar-refractivity contribution in [2.45, 2.75) is 19.0 Å². The van der Waals surface area contributed by atoms with Gasteiger partial charge in [0, 0.05) is 12.1 Å². The minimum Gasteiger partial charge on any atom is -0.319 e. The Morgan fingerprint density at radius 2 is 1.90 bits per heavy atom. The summed E-state index contributed by atoms with van der Waals surface area (Å²) in [6, 6.07) is 14.0. The molecule has 0 radical (unpaired) electrons. The SMILES string of the molecule is CC1(c2cccc([N+](=O)[O-])c2)NC(=O)N(Cc2nnnn2-c2ccccc2)C1=O. The third-order valence-electron chi connectivity index (χ3n) is 4.74. The van der Waals surface area contributed by atoms with E-state index in [0.29, 0.717) is 17.1 Å². The van der Waals surface area contributed by atoms with Crippen LogP contribution in [0.25, 0.3) is 5.69 Å². The molecule has 1 fully saturated rings. The lowest BCUT2D eigenvalue weighted by molar-refractivity contribution is -0.385. The minimum absolute atomic E-state index is 0.156. The Morgan fingerprint density at radius 1 is 1.14 bits per heavy atom. The average Bonchev–Trinajstić information content (AvgIpc) is 3.28. The first-order valence-electron chi connectivity index (χ1n) is 8.62. The highest BCUT2D eigenvalue weighted by molar-refractivity contribution is 6.07. The summed E-state index contributed by atoms with van der Waals surface area (Å²) >= 11 is 0. The van der Waals surface area contributed by atoms with Gasteiger partial charge in [0.2, 0.25) is 0 Å². The first-order chi connectivity index (χ1) is 13.9. The van der Waals surface area contributed by atoms with E-state index >= 15 is 0 Å². The zero-order valence-electron chi connectivity index (χ0n) is 15.2. The van der Waals surface area contributed by atoms with Crippen LogP contribution in [0.1, 0.15) is 18.3 Å². The molecule has 2 aromatic carbocycles. The topological polar surface area (TPSA) is 136 Å². The van der Waals surface area contributed by atoms with Crippen LogP contribution >= 0.6 is 0 Å². The fourth-order valence-corrected chi connectivity index (χ4v) is 3.18. The molecule has 1 aromatic heterocycles. The first-order valence-corrected chi connectivity index (χ1v) is 8.62. The number of nitrogens with one attached hydrogen (secondary N) is 1. The normalized spacial score (nSPS) is 18.7. The predicted octanol–water partition coefficient (Wildman–Crippen LogP) is 1.54. The Bertz CT molecular complexity index is 1110. The van der Waals surface area contributed by atoms with E-state index in [4.69, 9.17) is 0 Å². The fraction of sp³-hybridized carbons (Fsp3) is 0.167. The third-order valence-corrected chi connectivity index (χ3v) is 4.74. The number of non-ortho nitro benzene ring substituents is 1. The van der Waals surface area contributed by atoms with E-state index in [-0.39, 0.29) is 12.2 Å². The van der Waals surface area contributed by atoms with Gasteiger partial charge in [0.15, 0.2) is 5.82 Å². The van der Waals surface area contributed by atoms with Gasteiger partial charge in [0.05, 0.1) is 17.2 Å². The third kappa shape index (κ3) is 3.08. The summed E-state index contributed by atoms with van der Waals surface area (Å²) in [5, 5.41) is 25.2. The zero-order valence-corrected chi connectivity index (χ0v) is 15.2. The van der Waals surface area contributed by atoms with Crippen LogP contribution < -0.4 is 5.32 Å². The second-order valence-electron chi connectivity index (χ2n) is 6.60. The van der Waals surface area contributed by atoms with E-state index in [0.717, 1.165) is 4.90 Å². The van der Waals surface area contributed by atoms with Crippen molar-refractivity contribution in [3.05, 3.63) is 76.1 Å². The van der Waals surface area contributed by atoms with Crippen LogP contribution in [-0.2, 0) is 16.9 Å². The van der Waals surface area contributed by atoms with Crippen LogP contribution in [0, 0.1) is 10.1 Å². The van der Waals surface area contributed by atoms with Gasteiger partial charge in [-0.25, -0.2) is 4.79 Å². The lowest BCUT2D eigenvalue weighted by Crippen LogP contribution is -2.40. The first kappa shape index (κ1) is 18.2. The Morgan fingerprint density at radius 3 is 2.62 bits per heavy atom. The number of imide groups is 1. The molecule has 3 amide bonds. The van der Waals surface area contributed by atoms with Gasteiger partial charge < -0.3 is 5.32 Å². The van der Waals surface area contributed by atoms with Crippen molar-refractivity contribution in [1.82, 2.24) is 30.4 Å². The van der Waals surface area contributed by atoms with Crippen molar-refractivity contribution < 1.29 is 14.5 Å². The Kier molecular flexibility index (Phi) is 4.26. The summed E-state index contributed by atoms with van der Waals surface area (Å²) < 4.78 is 1.43. The van der Waals surface area contributed by atoms with Crippen LogP contribution in [0.5, 0.6) is 0 Å². The van der Waals surface area contributed by atoms with Crippen LogP contribution in [0.4, 0.5) is 10.5 Å². The average molecular weight is 393 g/mol. The van der Waals surface area contributed by atoms with Crippen LogP contribution in [0.2, 0.25) is 0 Å². The molecule has 1 unspecified atom stereocenters. The summed E-state index contributed by atoms with van der Waals surface area (Å²) in [4.78, 5) is 37.1. The molecule has 1 saturated heterocycles. The van der Waals surface area contributed by atoms with Gasteiger partial charge >= 0.3 is 6.03 Å². The van der Waals surface area contributed by atoms with Gasteiger partial charge in [0.1, 0.15) is 5.54 Å².